The molecule has 0 aromatic carbocycles. The van der Waals surface area contributed by atoms with Crippen molar-refractivity contribution >= 4 is 29.0 Å². The summed E-state index contributed by atoms with van der Waals surface area (Å²) < 4.78 is 0. The van der Waals surface area contributed by atoms with Crippen LogP contribution in [0.2, 0.25) is 0 Å². The summed E-state index contributed by atoms with van der Waals surface area (Å²) in [7, 11) is 0. The van der Waals surface area contributed by atoms with Gasteiger partial charge in [0.05, 0.1) is 6.04 Å². The van der Waals surface area contributed by atoms with Crippen LogP contribution in [0.5, 0.6) is 0 Å². The highest BCUT2D eigenvalue weighted by Crippen LogP contribution is 2.08. The second-order valence-electron chi connectivity index (χ2n) is 4.13. The first-order valence-electron chi connectivity index (χ1n) is 5.69. The van der Waals surface area contributed by atoms with Crippen LogP contribution in [0.15, 0.2) is 16.8 Å². The Morgan fingerprint density at radius 1 is 1.65 bits per heavy atom. The highest BCUT2D eigenvalue weighted by molar-refractivity contribution is 7.98. The Labute approximate surface area is 111 Å². The molecular weight excluding hydrogens is 252 g/mol. The summed E-state index contributed by atoms with van der Waals surface area (Å²) >= 11 is 3.39. The van der Waals surface area contributed by atoms with E-state index in [1.165, 1.54) is 5.56 Å². The summed E-state index contributed by atoms with van der Waals surface area (Å²) in [6.07, 6.45) is 3.62. The zero-order valence-electron chi connectivity index (χ0n) is 10.3. The number of carbonyl (C=O) groups excluding carboxylic acids is 1. The molecule has 0 saturated heterocycles. The fourth-order valence-corrected chi connectivity index (χ4v) is 2.71. The van der Waals surface area contributed by atoms with E-state index in [9.17, 15) is 4.79 Å². The van der Waals surface area contributed by atoms with Gasteiger partial charge in [-0.15, -0.1) is 0 Å². The van der Waals surface area contributed by atoms with Crippen LogP contribution in [-0.2, 0) is 11.2 Å². The van der Waals surface area contributed by atoms with Crippen LogP contribution in [0.25, 0.3) is 0 Å². The molecule has 1 amide bonds. The SMILES string of the molecule is CSCC[C@H](N)C(=O)NC(C)Cc1ccsc1. The molecule has 17 heavy (non-hydrogen) atoms. The van der Waals surface area contributed by atoms with E-state index < -0.39 is 0 Å². The van der Waals surface area contributed by atoms with Gasteiger partial charge in [0, 0.05) is 6.04 Å². The summed E-state index contributed by atoms with van der Waals surface area (Å²) in [4.78, 5) is 11.7. The van der Waals surface area contributed by atoms with Gasteiger partial charge in [0.1, 0.15) is 0 Å². The minimum absolute atomic E-state index is 0.0400. The van der Waals surface area contributed by atoms with E-state index in [1.54, 1.807) is 23.1 Å². The smallest absolute Gasteiger partial charge is 0.237 e. The molecule has 1 rings (SSSR count). The molecule has 0 aliphatic rings. The zero-order chi connectivity index (χ0) is 12.7. The van der Waals surface area contributed by atoms with Crippen molar-refractivity contribution in [3.63, 3.8) is 0 Å². The lowest BCUT2D eigenvalue weighted by atomic mass is 10.1. The minimum Gasteiger partial charge on any atom is -0.352 e. The molecule has 0 saturated carbocycles. The Kier molecular flexibility index (Phi) is 6.62. The molecule has 0 aliphatic carbocycles. The molecule has 3 nitrogen and oxygen atoms in total. The molecule has 1 aromatic heterocycles. The maximum atomic E-state index is 11.7. The van der Waals surface area contributed by atoms with E-state index in [-0.39, 0.29) is 18.0 Å². The molecule has 5 heteroatoms. The fraction of sp³-hybridized carbons (Fsp3) is 0.583. The van der Waals surface area contributed by atoms with E-state index in [2.05, 4.69) is 16.8 Å². The van der Waals surface area contributed by atoms with Gasteiger partial charge in [0.25, 0.3) is 0 Å². The highest BCUT2D eigenvalue weighted by atomic mass is 32.2. The molecule has 0 fully saturated rings. The van der Waals surface area contributed by atoms with E-state index in [1.807, 2.05) is 18.6 Å². The van der Waals surface area contributed by atoms with Gasteiger partial charge < -0.3 is 11.1 Å². The lowest BCUT2D eigenvalue weighted by Gasteiger charge is -2.16. The molecule has 1 unspecified atom stereocenters. The lowest BCUT2D eigenvalue weighted by Crippen LogP contribution is -2.45. The van der Waals surface area contributed by atoms with Crippen LogP contribution >= 0.6 is 23.1 Å². The average Bonchev–Trinajstić information content (AvgIpc) is 2.78. The molecule has 2 atom stereocenters. The van der Waals surface area contributed by atoms with Crippen molar-refractivity contribution in [1.82, 2.24) is 5.32 Å². The molecule has 1 heterocycles. The van der Waals surface area contributed by atoms with Crippen LogP contribution in [0.4, 0.5) is 0 Å². The molecule has 0 bridgehead atoms. The van der Waals surface area contributed by atoms with Gasteiger partial charge in [-0.3, -0.25) is 4.79 Å². The van der Waals surface area contributed by atoms with Crippen LogP contribution in [-0.4, -0.2) is 30.0 Å². The van der Waals surface area contributed by atoms with Gasteiger partial charge in [-0.05, 0) is 54.2 Å². The molecule has 3 N–H and O–H groups in total. The normalized spacial score (nSPS) is 14.3. The first-order valence-corrected chi connectivity index (χ1v) is 8.03. The van der Waals surface area contributed by atoms with Gasteiger partial charge in [0.15, 0.2) is 0 Å². The summed E-state index contributed by atoms with van der Waals surface area (Å²) in [5.74, 6) is 0.884. The standard InChI is InChI=1S/C12H20N2OS2/c1-9(7-10-3-6-17-8-10)14-12(15)11(13)4-5-16-2/h3,6,8-9,11H,4-5,7,13H2,1-2H3,(H,14,15)/t9?,11-/m0/s1. The quantitative estimate of drug-likeness (QED) is 0.797. The van der Waals surface area contributed by atoms with Gasteiger partial charge in [-0.25, -0.2) is 0 Å². The third-order valence-corrected chi connectivity index (χ3v) is 3.86. The average molecular weight is 272 g/mol. The summed E-state index contributed by atoms with van der Waals surface area (Å²) in [6.45, 7) is 2.01. The Morgan fingerprint density at radius 3 is 3.00 bits per heavy atom. The third-order valence-electron chi connectivity index (χ3n) is 2.48. The number of rotatable bonds is 7. The van der Waals surface area contributed by atoms with Crippen LogP contribution < -0.4 is 11.1 Å². The van der Waals surface area contributed by atoms with Crippen molar-refractivity contribution in [2.75, 3.05) is 12.0 Å². The first kappa shape index (κ1) is 14.5. The summed E-state index contributed by atoms with van der Waals surface area (Å²) in [6, 6.07) is 1.84. The maximum Gasteiger partial charge on any atom is 0.237 e. The largest absolute Gasteiger partial charge is 0.352 e. The number of nitrogens with two attached hydrogens (primary N) is 1. The van der Waals surface area contributed by atoms with Crippen molar-refractivity contribution in [1.29, 1.82) is 0 Å². The van der Waals surface area contributed by atoms with E-state index >= 15 is 0 Å². The number of thiophene rings is 1. The van der Waals surface area contributed by atoms with E-state index in [0.29, 0.717) is 0 Å². The number of thioether (sulfide) groups is 1. The Bertz CT molecular complexity index is 327. The minimum atomic E-state index is -0.382. The first-order chi connectivity index (χ1) is 8.13. The number of carbonyl (C=O) groups is 1. The molecule has 96 valence electrons. The lowest BCUT2D eigenvalue weighted by molar-refractivity contribution is -0.122. The number of hydrogen-bond acceptors (Lipinski definition) is 4. The predicted molar refractivity (Wildman–Crippen MR) is 76.6 cm³/mol. The van der Waals surface area contributed by atoms with Gasteiger partial charge in [-0.1, -0.05) is 0 Å². The summed E-state index contributed by atoms with van der Waals surface area (Å²) in [5, 5.41) is 7.12. The third kappa shape index (κ3) is 5.57. The van der Waals surface area contributed by atoms with Gasteiger partial charge >= 0.3 is 0 Å². The summed E-state index contributed by atoms with van der Waals surface area (Å²) in [5.41, 5.74) is 7.07. The topological polar surface area (TPSA) is 55.1 Å². The Hall–Kier alpha value is -0.520. The Morgan fingerprint density at radius 2 is 2.41 bits per heavy atom. The van der Waals surface area contributed by atoms with Crippen molar-refractivity contribution in [2.45, 2.75) is 31.8 Å². The monoisotopic (exact) mass is 272 g/mol. The fourth-order valence-electron chi connectivity index (χ4n) is 1.54. The zero-order valence-corrected chi connectivity index (χ0v) is 11.9. The molecule has 0 radical (unpaired) electrons. The highest BCUT2D eigenvalue weighted by Gasteiger charge is 2.15. The second kappa shape index (κ2) is 7.74. The van der Waals surface area contributed by atoms with Crippen molar-refractivity contribution in [2.24, 2.45) is 5.73 Å². The molecule has 0 spiro atoms. The maximum absolute atomic E-state index is 11.7. The van der Waals surface area contributed by atoms with E-state index in [0.717, 1.165) is 18.6 Å². The van der Waals surface area contributed by atoms with Crippen molar-refractivity contribution in [3.8, 4) is 0 Å². The molecule has 0 aliphatic heterocycles. The van der Waals surface area contributed by atoms with E-state index in [4.69, 9.17) is 5.73 Å². The Balaban J connectivity index is 2.30. The second-order valence-corrected chi connectivity index (χ2v) is 5.90. The van der Waals surface area contributed by atoms with Crippen LogP contribution in [0, 0.1) is 0 Å². The van der Waals surface area contributed by atoms with Crippen LogP contribution in [0.3, 0.4) is 0 Å². The van der Waals surface area contributed by atoms with Gasteiger partial charge in [-0.2, -0.15) is 23.1 Å². The molecule has 1 aromatic rings. The van der Waals surface area contributed by atoms with Crippen molar-refractivity contribution in [3.05, 3.63) is 22.4 Å². The van der Waals surface area contributed by atoms with Crippen molar-refractivity contribution < 1.29 is 4.79 Å². The van der Waals surface area contributed by atoms with Crippen LogP contribution in [0.1, 0.15) is 18.9 Å². The number of hydrogen-bond donors (Lipinski definition) is 2. The van der Waals surface area contributed by atoms with Gasteiger partial charge in [0.2, 0.25) is 5.91 Å². The number of nitrogens with one attached hydrogen (secondary N) is 1. The predicted octanol–water partition coefficient (Wildman–Crippen LogP) is 1.88. The number of amides is 1. The molecular formula is C12H20N2OS2.